The normalized spacial score (nSPS) is 15.5. The highest BCUT2D eigenvalue weighted by atomic mass is 79.9. The molecule has 0 unspecified atom stereocenters. The van der Waals surface area contributed by atoms with E-state index < -0.39 is 5.54 Å². The highest BCUT2D eigenvalue weighted by molar-refractivity contribution is 9.10. The minimum Gasteiger partial charge on any atom is -0.356 e. The van der Waals surface area contributed by atoms with Gasteiger partial charge in [-0.15, -0.1) is 0 Å². The lowest BCUT2D eigenvalue weighted by molar-refractivity contribution is -0.127. The van der Waals surface area contributed by atoms with Gasteiger partial charge in [0, 0.05) is 30.3 Å². The maximum Gasteiger partial charge on any atom is 0.240 e. The van der Waals surface area contributed by atoms with Crippen molar-refractivity contribution in [2.45, 2.75) is 38.8 Å². The number of carbonyl (C=O) groups excluding carboxylic acids is 1. The summed E-state index contributed by atoms with van der Waals surface area (Å²) in [6.45, 7) is 5.84. The lowest BCUT2D eigenvalue weighted by atomic mass is 9.87. The number of anilines is 1. The summed E-state index contributed by atoms with van der Waals surface area (Å²) in [5, 5.41) is 3.97. The van der Waals surface area contributed by atoms with E-state index in [9.17, 15) is 4.79 Å². The highest BCUT2D eigenvalue weighted by Gasteiger charge is 2.38. The Labute approximate surface area is 179 Å². The third-order valence-corrected chi connectivity index (χ3v) is 5.64. The van der Waals surface area contributed by atoms with Gasteiger partial charge in [0.15, 0.2) is 0 Å². The predicted octanol–water partition coefficient (Wildman–Crippen LogP) is 3.36. The van der Waals surface area contributed by atoms with Gasteiger partial charge in [0.1, 0.15) is 17.8 Å². The van der Waals surface area contributed by atoms with E-state index >= 15 is 0 Å². The largest absolute Gasteiger partial charge is 0.356 e. The molecule has 29 heavy (non-hydrogen) atoms. The van der Waals surface area contributed by atoms with Crippen molar-refractivity contribution < 1.29 is 4.79 Å². The maximum atomic E-state index is 12.7. The van der Waals surface area contributed by atoms with Crippen LogP contribution in [0.5, 0.6) is 0 Å². The number of halogens is 1. The van der Waals surface area contributed by atoms with E-state index in [1.54, 1.807) is 6.33 Å². The number of hydrogen-bond acceptors (Lipinski definition) is 5. The predicted molar refractivity (Wildman–Crippen MR) is 120 cm³/mol. The average molecular weight is 459 g/mol. The second-order valence-electron chi connectivity index (χ2n) is 6.89. The Hall–Kier alpha value is -2.45. The number of piperidine rings is 1. The van der Waals surface area contributed by atoms with Crippen LogP contribution in [0.3, 0.4) is 0 Å². The summed E-state index contributed by atoms with van der Waals surface area (Å²) < 4.78 is 1.02. The summed E-state index contributed by atoms with van der Waals surface area (Å²) in [5.74, 6) is 0.790. The summed E-state index contributed by atoms with van der Waals surface area (Å²) in [6, 6.07) is 9.85. The molecule has 1 aliphatic heterocycles. The van der Waals surface area contributed by atoms with Crippen LogP contribution in [0, 0.1) is 0 Å². The fourth-order valence-electron chi connectivity index (χ4n) is 3.42. The van der Waals surface area contributed by atoms with Crippen LogP contribution in [0.4, 0.5) is 5.82 Å². The van der Waals surface area contributed by atoms with Crippen molar-refractivity contribution in [1.82, 2.24) is 20.3 Å². The van der Waals surface area contributed by atoms with Crippen LogP contribution >= 0.6 is 15.9 Å². The van der Waals surface area contributed by atoms with Crippen LogP contribution in [0.25, 0.3) is 11.0 Å². The fraction of sp³-hybridized carbons (Fsp3) is 0.381. The number of carbonyl (C=O) groups is 1. The van der Waals surface area contributed by atoms with E-state index in [1.165, 1.54) is 0 Å². The van der Waals surface area contributed by atoms with Gasteiger partial charge in [0.05, 0.1) is 10.9 Å². The van der Waals surface area contributed by atoms with E-state index in [-0.39, 0.29) is 5.91 Å². The van der Waals surface area contributed by atoms with Gasteiger partial charge in [-0.2, -0.15) is 0 Å². The number of H-pyrrole nitrogens is 1. The number of nitrogens with one attached hydrogen (secondary N) is 2. The third kappa shape index (κ3) is 4.76. The number of nitrogens with zero attached hydrogens (tertiary/aromatic N) is 3. The first-order valence-electron chi connectivity index (χ1n) is 9.90. The van der Waals surface area contributed by atoms with Crippen molar-refractivity contribution >= 4 is 38.7 Å². The van der Waals surface area contributed by atoms with Gasteiger partial charge < -0.3 is 20.9 Å². The zero-order valence-electron chi connectivity index (χ0n) is 16.8. The summed E-state index contributed by atoms with van der Waals surface area (Å²) in [6.07, 6.45) is 4.57. The lowest BCUT2D eigenvalue weighted by Gasteiger charge is -2.38. The Morgan fingerprint density at radius 2 is 1.90 bits per heavy atom. The zero-order chi connectivity index (χ0) is 20.9. The van der Waals surface area contributed by atoms with E-state index in [4.69, 9.17) is 5.73 Å². The number of hydrogen-bond donors (Lipinski definition) is 3. The minimum atomic E-state index is -0.851. The first-order chi connectivity index (χ1) is 14.0. The number of aromatic nitrogens is 3. The molecule has 7 nitrogen and oxygen atoms in total. The second-order valence-corrected chi connectivity index (χ2v) is 7.81. The summed E-state index contributed by atoms with van der Waals surface area (Å²) in [4.78, 5) is 26.6. The highest BCUT2D eigenvalue weighted by Crippen LogP contribution is 2.28. The topological polar surface area (TPSA) is 99.9 Å². The maximum absolute atomic E-state index is 12.7. The number of fused-ring (bicyclic) bond motifs is 1. The van der Waals surface area contributed by atoms with Crippen molar-refractivity contribution in [2.75, 3.05) is 18.0 Å². The van der Waals surface area contributed by atoms with E-state index in [0.717, 1.165) is 26.9 Å². The SMILES string of the molecule is CC.NC1(C(=O)NCc2ccc(Br)cc2)CCN(c2ncnc3[nH]ccc23)CC1. The number of aromatic amines is 1. The van der Waals surface area contributed by atoms with Crippen LogP contribution in [0.2, 0.25) is 0 Å². The van der Waals surface area contributed by atoms with Gasteiger partial charge in [0.2, 0.25) is 5.91 Å². The molecule has 8 heteroatoms. The lowest BCUT2D eigenvalue weighted by Crippen LogP contribution is -2.59. The van der Waals surface area contributed by atoms with E-state index in [2.05, 4.69) is 41.1 Å². The standard InChI is InChI=1S/C19H21BrN6O.C2H6/c20-14-3-1-13(2-4-14)11-23-18(27)19(21)6-9-26(10-7-19)17-15-5-8-22-16(15)24-12-25-17;1-2/h1-5,8,12H,6-7,9-11,21H2,(H,23,27)(H,22,24,25);1-2H3. The molecule has 0 bridgehead atoms. The van der Waals surface area contributed by atoms with Gasteiger partial charge in [-0.05, 0) is 36.6 Å². The molecule has 1 fully saturated rings. The van der Waals surface area contributed by atoms with Crippen molar-refractivity contribution in [2.24, 2.45) is 5.73 Å². The van der Waals surface area contributed by atoms with Gasteiger partial charge in [0.25, 0.3) is 0 Å². The van der Waals surface area contributed by atoms with Crippen molar-refractivity contribution in [3.8, 4) is 0 Å². The van der Waals surface area contributed by atoms with Crippen LogP contribution in [-0.2, 0) is 11.3 Å². The van der Waals surface area contributed by atoms with Crippen molar-refractivity contribution in [1.29, 1.82) is 0 Å². The van der Waals surface area contributed by atoms with Gasteiger partial charge in [-0.25, -0.2) is 9.97 Å². The third-order valence-electron chi connectivity index (χ3n) is 5.11. The van der Waals surface area contributed by atoms with Crippen LogP contribution in [-0.4, -0.2) is 39.5 Å². The van der Waals surface area contributed by atoms with Crippen LogP contribution in [0.1, 0.15) is 32.3 Å². The fourth-order valence-corrected chi connectivity index (χ4v) is 3.68. The second kappa shape index (κ2) is 9.37. The Morgan fingerprint density at radius 3 is 2.59 bits per heavy atom. The molecule has 0 atom stereocenters. The number of nitrogens with two attached hydrogens (primary N) is 1. The molecule has 2 aromatic heterocycles. The van der Waals surface area contributed by atoms with Gasteiger partial charge in [-0.1, -0.05) is 41.9 Å². The van der Waals surface area contributed by atoms with Crippen LogP contribution in [0.15, 0.2) is 47.3 Å². The zero-order valence-corrected chi connectivity index (χ0v) is 18.4. The van der Waals surface area contributed by atoms with Crippen LogP contribution < -0.4 is 16.0 Å². The molecule has 0 radical (unpaired) electrons. The molecule has 1 saturated heterocycles. The monoisotopic (exact) mass is 458 g/mol. The average Bonchev–Trinajstić information content (AvgIpc) is 3.24. The Bertz CT molecular complexity index is 947. The molecule has 154 valence electrons. The van der Waals surface area contributed by atoms with E-state index in [0.29, 0.717) is 32.5 Å². The molecular formula is C21H27BrN6O. The summed E-state index contributed by atoms with van der Waals surface area (Å²) in [5.41, 5.74) is 7.45. The first kappa shape index (κ1) is 21.3. The number of benzene rings is 1. The van der Waals surface area contributed by atoms with E-state index in [1.807, 2.05) is 50.4 Å². The van der Waals surface area contributed by atoms with Gasteiger partial charge >= 0.3 is 0 Å². The number of amides is 1. The molecule has 3 heterocycles. The molecule has 0 spiro atoms. The molecule has 0 aliphatic carbocycles. The quantitative estimate of drug-likeness (QED) is 0.556. The molecule has 4 N–H and O–H groups in total. The minimum absolute atomic E-state index is 0.0976. The van der Waals surface area contributed by atoms with Crippen molar-refractivity contribution in [3.05, 3.63) is 52.9 Å². The summed E-state index contributed by atoms with van der Waals surface area (Å²) in [7, 11) is 0. The Kier molecular flexibility index (Phi) is 6.87. The molecule has 1 amide bonds. The molecule has 0 saturated carbocycles. The molecule has 4 rings (SSSR count). The molecule has 1 aliphatic rings. The summed E-state index contributed by atoms with van der Waals surface area (Å²) >= 11 is 3.41. The Morgan fingerprint density at radius 1 is 1.21 bits per heavy atom. The molecular weight excluding hydrogens is 432 g/mol. The number of rotatable bonds is 4. The van der Waals surface area contributed by atoms with Crippen molar-refractivity contribution in [3.63, 3.8) is 0 Å². The Balaban J connectivity index is 0.00000117. The first-order valence-corrected chi connectivity index (χ1v) is 10.7. The van der Waals surface area contributed by atoms with Gasteiger partial charge in [-0.3, -0.25) is 4.79 Å². The smallest absolute Gasteiger partial charge is 0.240 e. The molecule has 3 aromatic rings. The molecule has 1 aromatic carbocycles.